The molecule has 5 heteroatoms. The number of nitrogens with one attached hydrogen (secondary N) is 1. The molecule has 2 rings (SSSR count). The van der Waals surface area contributed by atoms with E-state index >= 15 is 0 Å². The Hall–Kier alpha value is -1.52. The lowest BCUT2D eigenvalue weighted by molar-refractivity contribution is 0.534. The summed E-state index contributed by atoms with van der Waals surface area (Å²) in [5.74, 6) is -1.67. The summed E-state index contributed by atoms with van der Waals surface area (Å²) < 4.78 is 39.9. The van der Waals surface area contributed by atoms with Gasteiger partial charge in [-0.1, -0.05) is 18.5 Å². The van der Waals surface area contributed by atoms with Crippen LogP contribution in [0.4, 0.5) is 13.2 Å². The summed E-state index contributed by atoms with van der Waals surface area (Å²) >= 11 is 6.10. The highest BCUT2D eigenvalue weighted by Crippen LogP contribution is 2.27. The third-order valence-electron chi connectivity index (χ3n) is 3.15. The molecule has 1 nitrogen and oxygen atoms in total. The summed E-state index contributed by atoms with van der Waals surface area (Å²) in [5.41, 5.74) is 1.06. The molecule has 112 valence electrons. The Balaban J connectivity index is 2.32. The molecule has 0 aromatic heterocycles. The van der Waals surface area contributed by atoms with Gasteiger partial charge in [-0.05, 0) is 54.4 Å². The third kappa shape index (κ3) is 4.22. The maximum Gasteiger partial charge on any atom is 0.126 e. The molecule has 0 aliphatic carbocycles. The van der Waals surface area contributed by atoms with Crippen LogP contribution < -0.4 is 5.32 Å². The number of hydrogen-bond donors (Lipinski definition) is 1. The Bertz CT molecular complexity index is 611. The summed E-state index contributed by atoms with van der Waals surface area (Å²) in [6.45, 7) is 2.52. The highest BCUT2D eigenvalue weighted by molar-refractivity contribution is 6.31. The molecule has 0 fully saturated rings. The van der Waals surface area contributed by atoms with Crippen LogP contribution in [0.3, 0.4) is 0 Å². The highest BCUT2D eigenvalue weighted by Gasteiger charge is 2.16. The quantitative estimate of drug-likeness (QED) is 0.847. The minimum atomic E-state index is -0.634. The molecular formula is C16H15ClF3N. The predicted molar refractivity (Wildman–Crippen MR) is 77.9 cm³/mol. The molecule has 2 aromatic rings. The van der Waals surface area contributed by atoms with Crippen LogP contribution in [-0.4, -0.2) is 6.54 Å². The lowest BCUT2D eigenvalue weighted by atomic mass is 9.98. The average Bonchev–Trinajstić information content (AvgIpc) is 2.40. The fourth-order valence-electron chi connectivity index (χ4n) is 2.28. The first kappa shape index (κ1) is 15.9. The molecule has 0 heterocycles. The van der Waals surface area contributed by atoms with Crippen LogP contribution >= 0.6 is 11.6 Å². The van der Waals surface area contributed by atoms with E-state index < -0.39 is 17.5 Å². The molecular weight excluding hydrogens is 299 g/mol. The van der Waals surface area contributed by atoms with Crippen LogP contribution in [0.2, 0.25) is 5.02 Å². The van der Waals surface area contributed by atoms with Crippen LogP contribution in [0.25, 0.3) is 0 Å². The minimum Gasteiger partial charge on any atom is -0.310 e. The predicted octanol–water partition coefficient (Wildman–Crippen LogP) is 4.65. The Kier molecular flexibility index (Phi) is 5.26. The summed E-state index contributed by atoms with van der Waals surface area (Å²) in [7, 11) is 0. The fraction of sp³-hybridized carbons (Fsp3) is 0.250. The van der Waals surface area contributed by atoms with Crippen molar-refractivity contribution in [3.8, 4) is 0 Å². The lowest BCUT2D eigenvalue weighted by Crippen LogP contribution is -2.23. The highest BCUT2D eigenvalue weighted by atomic mass is 35.5. The van der Waals surface area contributed by atoms with Gasteiger partial charge in [0.05, 0.1) is 0 Å². The van der Waals surface area contributed by atoms with E-state index in [0.717, 1.165) is 6.07 Å². The second kappa shape index (κ2) is 6.96. The number of rotatable bonds is 5. The van der Waals surface area contributed by atoms with E-state index in [2.05, 4.69) is 5.32 Å². The van der Waals surface area contributed by atoms with Gasteiger partial charge in [-0.2, -0.15) is 0 Å². The van der Waals surface area contributed by atoms with Crippen molar-refractivity contribution in [2.75, 3.05) is 6.54 Å². The van der Waals surface area contributed by atoms with Crippen LogP contribution in [0.15, 0.2) is 36.4 Å². The first-order valence-corrected chi connectivity index (χ1v) is 7.00. The molecule has 1 unspecified atom stereocenters. The summed E-state index contributed by atoms with van der Waals surface area (Å²) in [5, 5.41) is 3.57. The van der Waals surface area contributed by atoms with Crippen molar-refractivity contribution in [3.05, 3.63) is 70.0 Å². The summed E-state index contributed by atoms with van der Waals surface area (Å²) in [6, 6.07) is 7.12. The van der Waals surface area contributed by atoms with Gasteiger partial charge in [0, 0.05) is 17.1 Å². The number of likely N-dealkylation sites (N-methyl/N-ethyl adjacent to an activating group) is 1. The van der Waals surface area contributed by atoms with Crippen LogP contribution in [0.5, 0.6) is 0 Å². The van der Waals surface area contributed by atoms with Gasteiger partial charge in [0.1, 0.15) is 17.5 Å². The van der Waals surface area contributed by atoms with Crippen LogP contribution in [0, 0.1) is 17.5 Å². The van der Waals surface area contributed by atoms with Crippen molar-refractivity contribution >= 4 is 11.6 Å². The standard InChI is InChI=1S/C16H15ClF3N/c1-2-21-16(14-9-11(18)3-4-15(14)17)7-10-5-12(19)8-13(20)6-10/h3-6,8-9,16,21H,2,7H2,1H3. The molecule has 2 aromatic carbocycles. The molecule has 21 heavy (non-hydrogen) atoms. The van der Waals surface area contributed by atoms with E-state index in [1.165, 1.54) is 30.3 Å². The molecule has 0 aliphatic heterocycles. The van der Waals surface area contributed by atoms with Crippen molar-refractivity contribution in [1.82, 2.24) is 5.32 Å². The molecule has 0 saturated heterocycles. The smallest absolute Gasteiger partial charge is 0.126 e. The normalized spacial score (nSPS) is 12.4. The van der Waals surface area contributed by atoms with Gasteiger partial charge in [0.15, 0.2) is 0 Å². The monoisotopic (exact) mass is 313 g/mol. The van der Waals surface area contributed by atoms with Gasteiger partial charge in [0.25, 0.3) is 0 Å². The molecule has 0 bridgehead atoms. The van der Waals surface area contributed by atoms with Gasteiger partial charge in [-0.3, -0.25) is 0 Å². The average molecular weight is 314 g/mol. The maximum absolute atomic E-state index is 13.4. The third-order valence-corrected chi connectivity index (χ3v) is 3.49. The summed E-state index contributed by atoms with van der Waals surface area (Å²) in [4.78, 5) is 0. The first-order chi connectivity index (χ1) is 9.99. The molecule has 0 amide bonds. The number of hydrogen-bond acceptors (Lipinski definition) is 1. The zero-order valence-electron chi connectivity index (χ0n) is 11.5. The van der Waals surface area contributed by atoms with Crippen LogP contribution in [0.1, 0.15) is 24.1 Å². The Labute approximate surface area is 126 Å². The Morgan fingerprint density at radius 1 is 1.00 bits per heavy atom. The molecule has 0 spiro atoms. The second-order valence-corrected chi connectivity index (χ2v) is 5.17. The molecule has 1 atom stereocenters. The number of halogens is 4. The topological polar surface area (TPSA) is 12.0 Å². The van der Waals surface area contributed by atoms with Gasteiger partial charge in [-0.25, -0.2) is 13.2 Å². The van der Waals surface area contributed by atoms with E-state index in [1.54, 1.807) is 0 Å². The van der Waals surface area contributed by atoms with Gasteiger partial charge in [0.2, 0.25) is 0 Å². The van der Waals surface area contributed by atoms with Crippen molar-refractivity contribution < 1.29 is 13.2 Å². The van der Waals surface area contributed by atoms with Gasteiger partial charge >= 0.3 is 0 Å². The maximum atomic E-state index is 13.4. The largest absolute Gasteiger partial charge is 0.310 e. The van der Waals surface area contributed by atoms with Gasteiger partial charge < -0.3 is 5.32 Å². The number of benzene rings is 2. The van der Waals surface area contributed by atoms with E-state index in [-0.39, 0.29) is 6.04 Å². The molecule has 1 N–H and O–H groups in total. The Morgan fingerprint density at radius 2 is 1.67 bits per heavy atom. The van der Waals surface area contributed by atoms with Crippen molar-refractivity contribution in [3.63, 3.8) is 0 Å². The van der Waals surface area contributed by atoms with Crippen LogP contribution in [-0.2, 0) is 6.42 Å². The SMILES string of the molecule is CCNC(Cc1cc(F)cc(F)c1)c1cc(F)ccc1Cl. The minimum absolute atomic E-state index is 0.311. The lowest BCUT2D eigenvalue weighted by Gasteiger charge is -2.20. The van der Waals surface area contributed by atoms with Gasteiger partial charge in [-0.15, -0.1) is 0 Å². The van der Waals surface area contributed by atoms with E-state index in [9.17, 15) is 13.2 Å². The zero-order valence-corrected chi connectivity index (χ0v) is 12.2. The molecule has 0 aliphatic rings. The first-order valence-electron chi connectivity index (χ1n) is 6.63. The van der Waals surface area contributed by atoms with Crippen molar-refractivity contribution in [2.24, 2.45) is 0 Å². The van der Waals surface area contributed by atoms with E-state index in [0.29, 0.717) is 29.1 Å². The zero-order chi connectivity index (χ0) is 15.4. The second-order valence-electron chi connectivity index (χ2n) is 4.76. The van der Waals surface area contributed by atoms with E-state index in [1.807, 2.05) is 6.92 Å². The van der Waals surface area contributed by atoms with Crippen molar-refractivity contribution in [2.45, 2.75) is 19.4 Å². The molecule has 0 radical (unpaired) electrons. The Morgan fingerprint density at radius 3 is 2.29 bits per heavy atom. The fourth-order valence-corrected chi connectivity index (χ4v) is 2.53. The molecule has 0 saturated carbocycles. The van der Waals surface area contributed by atoms with E-state index in [4.69, 9.17) is 11.6 Å². The van der Waals surface area contributed by atoms with Crippen molar-refractivity contribution in [1.29, 1.82) is 0 Å². The summed E-state index contributed by atoms with van der Waals surface area (Å²) in [6.07, 6.45) is 0.311.